The van der Waals surface area contributed by atoms with Crippen molar-refractivity contribution in [2.75, 3.05) is 0 Å². The van der Waals surface area contributed by atoms with Gasteiger partial charge in [-0.3, -0.25) is 0 Å². The van der Waals surface area contributed by atoms with E-state index in [2.05, 4.69) is 12.1 Å². The van der Waals surface area contributed by atoms with Crippen LogP contribution in [0.1, 0.15) is 31.2 Å². The standard InChI is InChI=1S/C22H20O4/c23-20-19(21(24)26-22(25-20)14-4-5-15-22)13-10-16-8-11-18(12-9-16)17-6-2-1-3-7-17/h1-3,6-9,11-13H,4-5,10,14-15H2. The van der Waals surface area contributed by atoms with E-state index in [1.807, 2.05) is 42.5 Å². The lowest BCUT2D eigenvalue weighted by Gasteiger charge is -2.32. The molecule has 2 fully saturated rings. The fraction of sp³-hybridized carbons (Fsp3) is 0.273. The molecule has 0 bridgehead atoms. The molecule has 2 aliphatic rings. The van der Waals surface area contributed by atoms with Crippen molar-refractivity contribution >= 4 is 11.9 Å². The van der Waals surface area contributed by atoms with Gasteiger partial charge in [0.2, 0.25) is 0 Å². The van der Waals surface area contributed by atoms with E-state index in [1.54, 1.807) is 6.08 Å². The topological polar surface area (TPSA) is 52.6 Å². The Morgan fingerprint density at radius 3 is 2.00 bits per heavy atom. The summed E-state index contributed by atoms with van der Waals surface area (Å²) in [5.41, 5.74) is 3.29. The Labute approximate surface area is 152 Å². The van der Waals surface area contributed by atoms with Gasteiger partial charge >= 0.3 is 11.9 Å². The van der Waals surface area contributed by atoms with E-state index in [0.717, 1.165) is 29.5 Å². The molecule has 1 aliphatic carbocycles. The fourth-order valence-corrected chi connectivity index (χ4v) is 3.52. The first-order chi connectivity index (χ1) is 12.7. The molecule has 1 saturated carbocycles. The van der Waals surface area contributed by atoms with Crippen molar-refractivity contribution in [2.24, 2.45) is 0 Å². The molecule has 0 radical (unpaired) electrons. The predicted molar refractivity (Wildman–Crippen MR) is 97.0 cm³/mol. The van der Waals surface area contributed by atoms with Crippen molar-refractivity contribution in [3.63, 3.8) is 0 Å². The molecule has 0 unspecified atom stereocenters. The molecule has 4 nitrogen and oxygen atoms in total. The number of allylic oxidation sites excluding steroid dienone is 1. The van der Waals surface area contributed by atoms with Gasteiger partial charge in [0, 0.05) is 12.8 Å². The Balaban J connectivity index is 1.46. The molecule has 26 heavy (non-hydrogen) atoms. The fourth-order valence-electron chi connectivity index (χ4n) is 3.52. The molecule has 4 rings (SSSR count). The third-order valence-electron chi connectivity index (χ3n) is 4.97. The summed E-state index contributed by atoms with van der Waals surface area (Å²) in [5, 5.41) is 0. The van der Waals surface area contributed by atoms with Crippen LogP contribution in [0, 0.1) is 0 Å². The highest BCUT2D eigenvalue weighted by Crippen LogP contribution is 2.38. The summed E-state index contributed by atoms with van der Waals surface area (Å²) >= 11 is 0. The average Bonchev–Trinajstić information content (AvgIpc) is 3.09. The van der Waals surface area contributed by atoms with Gasteiger partial charge in [-0.15, -0.1) is 0 Å². The Hall–Kier alpha value is -2.88. The number of benzene rings is 2. The minimum absolute atomic E-state index is 0.00494. The van der Waals surface area contributed by atoms with E-state index in [4.69, 9.17) is 9.47 Å². The van der Waals surface area contributed by atoms with Crippen LogP contribution in [0.15, 0.2) is 66.2 Å². The maximum Gasteiger partial charge on any atom is 0.348 e. The lowest BCUT2D eigenvalue weighted by Crippen LogP contribution is -2.44. The Morgan fingerprint density at radius 1 is 0.808 bits per heavy atom. The van der Waals surface area contributed by atoms with E-state index in [0.29, 0.717) is 19.3 Å². The third kappa shape index (κ3) is 3.27. The quantitative estimate of drug-likeness (QED) is 0.474. The van der Waals surface area contributed by atoms with Crippen molar-refractivity contribution in [1.82, 2.24) is 0 Å². The molecule has 0 atom stereocenters. The Bertz CT molecular complexity index is 821. The minimum Gasteiger partial charge on any atom is -0.419 e. The second-order valence-electron chi connectivity index (χ2n) is 6.78. The zero-order chi connectivity index (χ0) is 18.0. The summed E-state index contributed by atoms with van der Waals surface area (Å²) in [6, 6.07) is 18.2. The number of ether oxygens (including phenoxy) is 2. The Kier molecular flexibility index (Phi) is 4.33. The van der Waals surface area contributed by atoms with Gasteiger partial charge in [0.05, 0.1) is 0 Å². The maximum absolute atomic E-state index is 12.2. The maximum atomic E-state index is 12.2. The highest BCUT2D eigenvalue weighted by molar-refractivity contribution is 6.15. The van der Waals surface area contributed by atoms with Crippen LogP contribution in [0.3, 0.4) is 0 Å². The minimum atomic E-state index is -1.01. The van der Waals surface area contributed by atoms with Crippen molar-refractivity contribution in [3.05, 3.63) is 71.8 Å². The van der Waals surface area contributed by atoms with Crippen LogP contribution in [0.5, 0.6) is 0 Å². The lowest BCUT2D eigenvalue weighted by atomic mass is 10.0. The first-order valence-electron chi connectivity index (χ1n) is 8.96. The van der Waals surface area contributed by atoms with Gasteiger partial charge in [0.1, 0.15) is 5.57 Å². The largest absolute Gasteiger partial charge is 0.419 e. The summed E-state index contributed by atoms with van der Waals surface area (Å²) < 4.78 is 10.9. The van der Waals surface area contributed by atoms with Crippen LogP contribution < -0.4 is 0 Å². The van der Waals surface area contributed by atoms with Gasteiger partial charge < -0.3 is 9.47 Å². The number of carbonyl (C=O) groups excluding carboxylic acids is 2. The van der Waals surface area contributed by atoms with Gasteiger partial charge in [-0.1, -0.05) is 60.7 Å². The molecule has 4 heteroatoms. The SMILES string of the molecule is O=C1OC2(CCCC2)OC(=O)C1=CCc1ccc(-c2ccccc2)cc1. The third-order valence-corrected chi connectivity index (χ3v) is 4.97. The first kappa shape index (κ1) is 16.6. The van der Waals surface area contributed by atoms with Gasteiger partial charge in [-0.2, -0.15) is 0 Å². The van der Waals surface area contributed by atoms with Crippen LogP contribution in [0.4, 0.5) is 0 Å². The summed E-state index contributed by atoms with van der Waals surface area (Å²) in [4.78, 5) is 24.5. The second kappa shape index (κ2) is 6.79. The highest BCUT2D eigenvalue weighted by atomic mass is 16.7. The molecule has 1 saturated heterocycles. The molecule has 0 aromatic heterocycles. The zero-order valence-electron chi connectivity index (χ0n) is 14.4. The summed E-state index contributed by atoms with van der Waals surface area (Å²) in [6.07, 6.45) is 5.09. The molecular formula is C22H20O4. The predicted octanol–water partition coefficient (Wildman–Crippen LogP) is 4.19. The smallest absolute Gasteiger partial charge is 0.348 e. The molecule has 2 aromatic rings. The number of carbonyl (C=O) groups is 2. The lowest BCUT2D eigenvalue weighted by molar-refractivity contribution is -0.232. The summed E-state index contributed by atoms with van der Waals surface area (Å²) in [6.45, 7) is 0. The van der Waals surface area contributed by atoms with Gasteiger partial charge in [-0.25, -0.2) is 9.59 Å². The van der Waals surface area contributed by atoms with Crippen LogP contribution in [0.2, 0.25) is 0 Å². The second-order valence-corrected chi connectivity index (χ2v) is 6.78. The van der Waals surface area contributed by atoms with Crippen molar-refractivity contribution in [3.8, 4) is 11.1 Å². The summed E-state index contributed by atoms with van der Waals surface area (Å²) in [7, 11) is 0. The molecule has 132 valence electrons. The number of hydrogen-bond donors (Lipinski definition) is 0. The van der Waals surface area contributed by atoms with E-state index >= 15 is 0 Å². The number of hydrogen-bond acceptors (Lipinski definition) is 4. The number of rotatable bonds is 3. The van der Waals surface area contributed by atoms with Crippen molar-refractivity contribution in [2.45, 2.75) is 37.9 Å². The van der Waals surface area contributed by atoms with Crippen molar-refractivity contribution in [1.29, 1.82) is 0 Å². The molecular weight excluding hydrogens is 328 g/mol. The molecule has 2 aromatic carbocycles. The normalized spacial score (nSPS) is 18.5. The van der Waals surface area contributed by atoms with Crippen LogP contribution >= 0.6 is 0 Å². The van der Waals surface area contributed by atoms with Crippen LogP contribution in [-0.4, -0.2) is 17.7 Å². The average molecular weight is 348 g/mol. The van der Waals surface area contributed by atoms with Crippen LogP contribution in [-0.2, 0) is 25.5 Å². The monoisotopic (exact) mass is 348 g/mol. The van der Waals surface area contributed by atoms with Crippen molar-refractivity contribution < 1.29 is 19.1 Å². The van der Waals surface area contributed by atoms with Gasteiger partial charge in [0.15, 0.2) is 0 Å². The van der Waals surface area contributed by atoms with E-state index in [9.17, 15) is 9.59 Å². The van der Waals surface area contributed by atoms with E-state index in [1.165, 1.54) is 0 Å². The Morgan fingerprint density at radius 2 is 1.38 bits per heavy atom. The first-order valence-corrected chi connectivity index (χ1v) is 8.96. The van der Waals surface area contributed by atoms with E-state index in [-0.39, 0.29) is 5.57 Å². The molecule has 1 aliphatic heterocycles. The molecule has 0 amide bonds. The van der Waals surface area contributed by atoms with Crippen LogP contribution in [0.25, 0.3) is 11.1 Å². The molecule has 1 spiro atoms. The number of esters is 2. The van der Waals surface area contributed by atoms with Gasteiger partial charge in [0.25, 0.3) is 5.79 Å². The summed E-state index contributed by atoms with van der Waals surface area (Å²) in [5.74, 6) is -2.14. The highest BCUT2D eigenvalue weighted by Gasteiger charge is 2.47. The zero-order valence-corrected chi connectivity index (χ0v) is 14.4. The van der Waals surface area contributed by atoms with E-state index < -0.39 is 17.7 Å². The molecule has 1 heterocycles. The van der Waals surface area contributed by atoms with Gasteiger partial charge in [-0.05, 0) is 36.0 Å². The molecule has 0 N–H and O–H groups in total.